The number of halogens is 5. The van der Waals surface area contributed by atoms with Crippen LogP contribution in [-0.4, -0.2) is 15.8 Å². The van der Waals surface area contributed by atoms with Crippen molar-refractivity contribution in [3.63, 3.8) is 0 Å². The van der Waals surface area contributed by atoms with Crippen LogP contribution in [0.1, 0.15) is 0 Å². The highest BCUT2D eigenvalue weighted by Gasteiger charge is 2.35. The number of nitrogens with one attached hydrogen (secondary N) is 1. The molecule has 0 aliphatic carbocycles. The number of rotatable bonds is 2. The van der Waals surface area contributed by atoms with Crippen LogP contribution in [0.4, 0.5) is 18.9 Å². The van der Waals surface area contributed by atoms with E-state index < -0.39 is 22.3 Å². The molecule has 2 N–H and O–H groups in total. The third-order valence-electron chi connectivity index (χ3n) is 1.54. The van der Waals surface area contributed by atoms with Crippen molar-refractivity contribution in [3.05, 3.63) is 22.4 Å². The van der Waals surface area contributed by atoms with Crippen molar-refractivity contribution in [1.82, 2.24) is 0 Å². The Morgan fingerprint density at radius 2 is 2.00 bits per heavy atom. The second kappa shape index (κ2) is 4.62. The van der Waals surface area contributed by atoms with Crippen molar-refractivity contribution in [3.8, 4) is 5.75 Å². The summed E-state index contributed by atoms with van der Waals surface area (Å²) in [6.07, 6.45) is 0. The van der Waals surface area contributed by atoms with Gasteiger partial charge in [-0.1, -0.05) is 0 Å². The van der Waals surface area contributed by atoms with Crippen LogP contribution in [-0.2, 0) is 4.79 Å². The van der Waals surface area contributed by atoms with Crippen molar-refractivity contribution < 1.29 is 23.1 Å². The minimum atomic E-state index is -3.76. The Morgan fingerprint density at radius 3 is 2.50 bits per heavy atom. The molecule has 0 heterocycles. The summed E-state index contributed by atoms with van der Waals surface area (Å²) in [7, 11) is 0. The van der Waals surface area contributed by atoms with E-state index in [2.05, 4.69) is 15.9 Å². The second-order valence-electron chi connectivity index (χ2n) is 2.74. The van der Waals surface area contributed by atoms with Gasteiger partial charge in [0, 0.05) is 22.0 Å². The molecule has 0 saturated carbocycles. The van der Waals surface area contributed by atoms with E-state index in [1.54, 1.807) is 5.32 Å². The Hall–Kier alpha value is -0.760. The second-order valence-corrected chi connectivity index (χ2v) is 4.59. The first-order valence-electron chi connectivity index (χ1n) is 3.78. The fraction of sp³-hybridized carbons (Fsp3) is 0.125. The van der Waals surface area contributed by atoms with E-state index in [1.165, 1.54) is 0 Å². The first-order chi connectivity index (χ1) is 7.21. The van der Waals surface area contributed by atoms with Crippen LogP contribution in [0.25, 0.3) is 0 Å². The number of alkyl halides is 3. The number of hydrogen-bond acceptors (Lipinski definition) is 2. The molecule has 0 bridgehead atoms. The molecular weight excluding hydrogens is 359 g/mol. The van der Waals surface area contributed by atoms with Crippen molar-refractivity contribution in [2.24, 2.45) is 0 Å². The van der Waals surface area contributed by atoms with Crippen LogP contribution >= 0.6 is 31.9 Å². The summed E-state index contributed by atoms with van der Waals surface area (Å²) in [6.45, 7) is 0. The Labute approximate surface area is 105 Å². The van der Waals surface area contributed by atoms with Crippen LogP contribution in [0.2, 0.25) is 0 Å². The first-order valence-corrected chi connectivity index (χ1v) is 5.36. The summed E-state index contributed by atoms with van der Waals surface area (Å²) in [4.78, 5) is 7.09. The maximum absolute atomic E-state index is 12.9. The number of amides is 1. The molecule has 0 aliphatic heterocycles. The maximum atomic E-state index is 12.9. The molecule has 0 spiro atoms. The van der Waals surface area contributed by atoms with Gasteiger partial charge in [-0.25, -0.2) is 4.39 Å². The van der Waals surface area contributed by atoms with Crippen LogP contribution < -0.4 is 5.32 Å². The molecule has 0 radical (unpaired) electrons. The fourth-order valence-electron chi connectivity index (χ4n) is 0.830. The highest BCUT2D eigenvalue weighted by atomic mass is 79.9. The van der Waals surface area contributed by atoms with Gasteiger partial charge < -0.3 is 10.4 Å². The van der Waals surface area contributed by atoms with Gasteiger partial charge in [0.1, 0.15) is 11.6 Å². The largest absolute Gasteiger partial charge is 0.506 e. The van der Waals surface area contributed by atoms with E-state index in [0.29, 0.717) is 6.07 Å². The van der Waals surface area contributed by atoms with Gasteiger partial charge in [0.15, 0.2) is 0 Å². The average Bonchev–Trinajstić information content (AvgIpc) is 2.12. The molecule has 0 aromatic heterocycles. The molecule has 3 nitrogen and oxygen atoms in total. The van der Waals surface area contributed by atoms with Crippen molar-refractivity contribution in [1.29, 1.82) is 0 Å². The Morgan fingerprint density at radius 1 is 1.44 bits per heavy atom. The van der Waals surface area contributed by atoms with E-state index in [-0.39, 0.29) is 10.2 Å². The van der Waals surface area contributed by atoms with Gasteiger partial charge >= 0.3 is 10.7 Å². The molecule has 0 atom stereocenters. The summed E-state index contributed by atoms with van der Waals surface area (Å²) in [6, 6.07) is 1.66. The topological polar surface area (TPSA) is 49.3 Å². The molecule has 16 heavy (non-hydrogen) atoms. The lowest BCUT2D eigenvalue weighted by Gasteiger charge is -2.11. The van der Waals surface area contributed by atoms with Gasteiger partial charge in [0.25, 0.3) is 0 Å². The normalized spacial score (nSPS) is 11.3. The van der Waals surface area contributed by atoms with E-state index in [0.717, 1.165) is 6.07 Å². The minimum Gasteiger partial charge on any atom is -0.506 e. The Bertz CT molecular complexity index is 434. The number of hydrogen-bond donors (Lipinski definition) is 2. The molecule has 0 aliphatic rings. The highest BCUT2D eigenvalue weighted by Crippen LogP contribution is 2.31. The van der Waals surface area contributed by atoms with E-state index in [4.69, 9.17) is 0 Å². The standard InChI is InChI=1S/C8H4Br2F3NO2/c9-3-1-5(6(15)2-4(3)11)14-7(16)8(10,12)13/h1-2,15H,(H,14,16). The summed E-state index contributed by atoms with van der Waals surface area (Å²) < 4.78 is 37.7. The number of anilines is 1. The fourth-order valence-corrected chi connectivity index (χ4v) is 1.27. The Kier molecular flexibility index (Phi) is 3.84. The lowest BCUT2D eigenvalue weighted by molar-refractivity contribution is -0.128. The monoisotopic (exact) mass is 361 g/mol. The molecule has 88 valence electrons. The van der Waals surface area contributed by atoms with Crippen molar-refractivity contribution >= 4 is 43.5 Å². The number of benzene rings is 1. The zero-order chi connectivity index (χ0) is 12.5. The van der Waals surface area contributed by atoms with Gasteiger partial charge in [-0.15, -0.1) is 0 Å². The molecule has 1 amide bonds. The maximum Gasteiger partial charge on any atom is 0.378 e. The Balaban J connectivity index is 2.99. The molecule has 1 rings (SSSR count). The summed E-state index contributed by atoms with van der Waals surface area (Å²) >= 11 is 4.63. The van der Waals surface area contributed by atoms with Crippen molar-refractivity contribution in [2.75, 3.05) is 5.32 Å². The quantitative estimate of drug-likeness (QED) is 0.627. The summed E-state index contributed by atoms with van der Waals surface area (Å²) in [5.41, 5.74) is -0.322. The van der Waals surface area contributed by atoms with E-state index >= 15 is 0 Å². The van der Waals surface area contributed by atoms with E-state index in [1.807, 2.05) is 15.9 Å². The minimum absolute atomic E-state index is 0.0708. The third kappa shape index (κ3) is 3.11. The van der Waals surface area contributed by atoms with Gasteiger partial charge in [0.2, 0.25) is 0 Å². The van der Waals surface area contributed by atoms with Gasteiger partial charge in [-0.2, -0.15) is 8.78 Å². The lowest BCUT2D eigenvalue weighted by atomic mass is 10.3. The smallest absolute Gasteiger partial charge is 0.378 e. The predicted molar refractivity (Wildman–Crippen MR) is 58.3 cm³/mol. The van der Waals surface area contributed by atoms with Crippen LogP contribution in [0, 0.1) is 5.82 Å². The van der Waals surface area contributed by atoms with Gasteiger partial charge in [-0.3, -0.25) is 4.79 Å². The zero-order valence-electron chi connectivity index (χ0n) is 7.40. The predicted octanol–water partition coefficient (Wildman–Crippen LogP) is 3.22. The number of phenols is 1. The van der Waals surface area contributed by atoms with Crippen LogP contribution in [0.3, 0.4) is 0 Å². The molecule has 1 aromatic carbocycles. The molecule has 0 unspecified atom stereocenters. The summed E-state index contributed by atoms with van der Waals surface area (Å²) in [5.74, 6) is -3.09. The number of carbonyl (C=O) groups excluding carboxylic acids is 1. The average molecular weight is 363 g/mol. The first kappa shape index (κ1) is 13.3. The van der Waals surface area contributed by atoms with Crippen LogP contribution in [0.15, 0.2) is 16.6 Å². The lowest BCUT2D eigenvalue weighted by Crippen LogP contribution is -2.28. The number of phenolic OH excluding ortho intramolecular Hbond substituents is 1. The molecule has 8 heteroatoms. The number of carbonyl (C=O) groups is 1. The van der Waals surface area contributed by atoms with Gasteiger partial charge in [0.05, 0.1) is 10.2 Å². The van der Waals surface area contributed by atoms with E-state index in [9.17, 15) is 23.1 Å². The van der Waals surface area contributed by atoms with Crippen molar-refractivity contribution in [2.45, 2.75) is 4.83 Å². The number of aromatic hydroxyl groups is 1. The molecule has 1 aromatic rings. The molecule has 0 fully saturated rings. The summed E-state index contributed by atoms with van der Waals surface area (Å²) in [5, 5.41) is 10.9. The van der Waals surface area contributed by atoms with Crippen LogP contribution in [0.5, 0.6) is 5.75 Å². The molecular formula is C8H4Br2F3NO2. The third-order valence-corrected chi connectivity index (χ3v) is 2.51. The molecule has 0 saturated heterocycles. The zero-order valence-corrected chi connectivity index (χ0v) is 10.6. The SMILES string of the molecule is O=C(Nc1cc(Br)c(F)cc1O)C(F)(F)Br. The van der Waals surface area contributed by atoms with Gasteiger partial charge in [-0.05, 0) is 22.0 Å². The highest BCUT2D eigenvalue weighted by molar-refractivity contribution is 9.10.